The third-order valence-corrected chi connectivity index (χ3v) is 18.4. The van der Waals surface area contributed by atoms with Crippen molar-refractivity contribution in [3.63, 3.8) is 0 Å². The molecule has 0 N–H and O–H groups in total. The summed E-state index contributed by atoms with van der Waals surface area (Å²) >= 11 is 1.98. The Hall–Kier alpha value is -4.27. The molecule has 0 saturated heterocycles. The third kappa shape index (κ3) is 5.05. The van der Waals surface area contributed by atoms with Crippen molar-refractivity contribution in [1.29, 1.82) is 0 Å². The van der Waals surface area contributed by atoms with Gasteiger partial charge in [-0.3, -0.25) is 0 Å². The minimum absolute atomic E-state index is 0.238. The van der Waals surface area contributed by atoms with Gasteiger partial charge in [0.25, 0.3) is 0 Å². The van der Waals surface area contributed by atoms with Gasteiger partial charge in [-0.2, -0.15) is 0 Å². The van der Waals surface area contributed by atoms with E-state index in [9.17, 15) is 0 Å². The van der Waals surface area contributed by atoms with E-state index in [1.165, 1.54) is 75.0 Å². The molecule has 4 nitrogen and oxygen atoms in total. The van der Waals surface area contributed by atoms with Crippen LogP contribution in [0.4, 0.5) is 0 Å². The second-order valence-corrected chi connectivity index (χ2v) is 20.4. The van der Waals surface area contributed by atoms with Gasteiger partial charge in [0.2, 0.25) is 0 Å². The fraction of sp³-hybridized carbons (Fsp3) is 0.234. The number of hydrogen-bond acceptors (Lipinski definition) is 5. The Labute approximate surface area is 323 Å². The molecule has 5 aliphatic heterocycles. The van der Waals surface area contributed by atoms with Crippen molar-refractivity contribution in [2.75, 3.05) is 26.4 Å². The lowest BCUT2D eigenvalue weighted by molar-refractivity contribution is 0.358. The van der Waals surface area contributed by atoms with Crippen LogP contribution in [0.3, 0.4) is 0 Å². The Morgan fingerprint density at radius 2 is 0.704 bits per heavy atom. The van der Waals surface area contributed by atoms with E-state index in [-0.39, 0.29) is 5.41 Å². The second kappa shape index (κ2) is 12.9. The van der Waals surface area contributed by atoms with Crippen LogP contribution in [0.1, 0.15) is 47.2 Å². The third-order valence-electron chi connectivity index (χ3n) is 11.8. The average molecular weight is 763 g/mol. The van der Waals surface area contributed by atoms with Gasteiger partial charge in [0.1, 0.15) is 23.0 Å². The van der Waals surface area contributed by atoms with Gasteiger partial charge in [0.05, 0.1) is 26.4 Å². The molecule has 0 aliphatic carbocycles. The molecule has 0 spiro atoms. The number of benzene rings is 6. The maximum absolute atomic E-state index is 6.48. The summed E-state index contributed by atoms with van der Waals surface area (Å²) in [4.78, 5) is 2.72. The van der Waals surface area contributed by atoms with Crippen LogP contribution in [0.5, 0.6) is 23.0 Å². The number of fused-ring (bicyclic) bond motifs is 6. The highest BCUT2D eigenvalue weighted by molar-refractivity contribution is 8.01. The average Bonchev–Trinajstić information content (AvgIpc) is 4.03. The molecule has 6 aromatic carbocycles. The number of ether oxygens (including phenoxy) is 4. The topological polar surface area (TPSA) is 36.9 Å². The molecule has 0 unspecified atom stereocenters. The quantitative estimate of drug-likeness (QED) is 0.163. The van der Waals surface area contributed by atoms with Gasteiger partial charge in [0.15, 0.2) is 0 Å². The minimum Gasteiger partial charge on any atom is -0.492 e. The summed E-state index contributed by atoms with van der Waals surface area (Å²) in [5.74, 6) is 4.27. The maximum atomic E-state index is 6.48. The zero-order valence-corrected chi connectivity index (χ0v) is 33.1. The Balaban J connectivity index is 1.15. The number of hydrogen-bond donors (Lipinski definition) is 0. The molecule has 0 saturated carbocycles. The number of rotatable bonds is 6. The van der Waals surface area contributed by atoms with Gasteiger partial charge in [0, 0.05) is 62.1 Å². The normalized spacial score (nSPS) is 16.7. The highest BCUT2D eigenvalue weighted by Crippen LogP contribution is 2.55. The summed E-state index contributed by atoms with van der Waals surface area (Å²) in [7, 11) is -2.05. The molecule has 268 valence electrons. The van der Waals surface area contributed by atoms with E-state index in [0.29, 0.717) is 0 Å². The molecule has 0 atom stereocenters. The summed E-state index contributed by atoms with van der Waals surface area (Å²) in [5, 5.41) is 7.87. The van der Waals surface area contributed by atoms with E-state index >= 15 is 0 Å². The molecule has 5 aliphatic rings. The summed E-state index contributed by atoms with van der Waals surface area (Å²) in [6.45, 7) is 7.76. The first-order chi connectivity index (χ1) is 26.6. The molecule has 11 rings (SSSR count). The first-order valence-electron chi connectivity index (χ1n) is 19.1. The zero-order valence-electron chi connectivity index (χ0n) is 30.5. The van der Waals surface area contributed by atoms with Crippen LogP contribution < -0.4 is 50.8 Å². The zero-order chi connectivity index (χ0) is 36.0. The summed E-state index contributed by atoms with van der Waals surface area (Å²) in [5.41, 5.74) is 7.74. The fourth-order valence-corrected chi connectivity index (χ4v) is 16.6. The Bertz CT molecular complexity index is 2220. The van der Waals surface area contributed by atoms with Gasteiger partial charge in [-0.05, 0) is 59.8 Å². The Morgan fingerprint density at radius 1 is 0.407 bits per heavy atom. The maximum Gasteiger partial charge on any atom is 0.130 e. The van der Waals surface area contributed by atoms with Gasteiger partial charge in [-0.1, -0.05) is 135 Å². The molecule has 0 aromatic heterocycles. The minimum atomic E-state index is -1.02. The lowest BCUT2D eigenvalue weighted by atomic mass is 9.77. The van der Waals surface area contributed by atoms with E-state index in [1.54, 1.807) is 0 Å². The van der Waals surface area contributed by atoms with Crippen LogP contribution in [-0.4, -0.2) is 26.4 Å². The summed E-state index contributed by atoms with van der Waals surface area (Å²) in [6, 6.07) is 41.2. The van der Waals surface area contributed by atoms with E-state index < -0.39 is 15.8 Å². The predicted octanol–water partition coefficient (Wildman–Crippen LogP) is 7.73. The molecular weight excluding hydrogens is 723 g/mol. The molecule has 0 fully saturated rings. The van der Waals surface area contributed by atoms with Crippen molar-refractivity contribution in [2.24, 2.45) is 0 Å². The van der Waals surface area contributed by atoms with Crippen molar-refractivity contribution >= 4 is 59.4 Å². The monoisotopic (exact) mass is 762 g/mol. The van der Waals surface area contributed by atoms with E-state index in [0.717, 1.165) is 75.1 Å². The number of para-hydroxylation sites is 4. The van der Waals surface area contributed by atoms with Gasteiger partial charge < -0.3 is 18.9 Å². The van der Waals surface area contributed by atoms with Crippen molar-refractivity contribution in [3.8, 4) is 23.0 Å². The molecule has 5 heterocycles. The SMILES string of the molecule is CC1(C)c2cccc(P(c3cccc4c3OCC4)c3cccc4c3OCC4)c2Sc2c(P(c3cccc4c3OCC4)c3cccc4c3OCC4)cccc21. The van der Waals surface area contributed by atoms with E-state index in [1.807, 2.05) is 11.8 Å². The first kappa shape index (κ1) is 33.1. The second-order valence-electron chi connectivity index (χ2n) is 15.2. The smallest absolute Gasteiger partial charge is 0.130 e. The molecule has 6 aromatic rings. The molecule has 54 heavy (non-hydrogen) atoms. The molecule has 0 amide bonds. The van der Waals surface area contributed by atoms with Crippen LogP contribution in [0, 0.1) is 0 Å². The molecule has 0 bridgehead atoms. The van der Waals surface area contributed by atoms with Crippen LogP contribution >= 0.6 is 27.6 Å². The Morgan fingerprint density at radius 3 is 1.04 bits per heavy atom. The molecular formula is C47H40O4P2S. The molecule has 7 heteroatoms. The van der Waals surface area contributed by atoms with Crippen LogP contribution in [0.2, 0.25) is 0 Å². The first-order valence-corrected chi connectivity index (χ1v) is 22.6. The molecule has 0 radical (unpaired) electrons. The van der Waals surface area contributed by atoms with Gasteiger partial charge >= 0.3 is 0 Å². The lowest BCUT2D eigenvalue weighted by Gasteiger charge is -2.39. The standard InChI is InChI=1S/C47H40O4P2S/c1-47(2)33-13-7-19-39(52(35-15-3-9-29-21-25-48-41(29)35)36-16-4-10-30-22-26-49-42(30)36)45(33)54-46-34(47)14-8-20-40(46)53(37-17-5-11-31-23-27-50-43(31)37)38-18-6-12-32-24-28-51-44(32)38/h3-20H,21-28H2,1-2H3. The Kier molecular flexibility index (Phi) is 7.91. The fourth-order valence-electron chi connectivity index (χ4n) is 9.12. The van der Waals surface area contributed by atoms with Gasteiger partial charge in [-0.25, -0.2) is 0 Å². The van der Waals surface area contributed by atoms with Crippen LogP contribution in [0.25, 0.3) is 0 Å². The van der Waals surface area contributed by atoms with Crippen molar-refractivity contribution in [1.82, 2.24) is 0 Å². The highest BCUT2D eigenvalue weighted by atomic mass is 32.2. The highest BCUT2D eigenvalue weighted by Gasteiger charge is 2.41. The van der Waals surface area contributed by atoms with Crippen molar-refractivity contribution < 1.29 is 18.9 Å². The van der Waals surface area contributed by atoms with Crippen LogP contribution in [-0.2, 0) is 31.1 Å². The van der Waals surface area contributed by atoms with Gasteiger partial charge in [-0.15, -0.1) is 0 Å². The largest absolute Gasteiger partial charge is 0.492 e. The summed E-state index contributed by atoms with van der Waals surface area (Å²) in [6.07, 6.45) is 3.80. The van der Waals surface area contributed by atoms with Crippen molar-refractivity contribution in [3.05, 3.63) is 143 Å². The van der Waals surface area contributed by atoms with E-state index in [2.05, 4.69) is 123 Å². The summed E-state index contributed by atoms with van der Waals surface area (Å²) < 4.78 is 25.9. The van der Waals surface area contributed by atoms with E-state index in [4.69, 9.17) is 18.9 Å². The van der Waals surface area contributed by atoms with Crippen molar-refractivity contribution in [2.45, 2.75) is 54.7 Å². The lowest BCUT2D eigenvalue weighted by Crippen LogP contribution is -2.33. The van der Waals surface area contributed by atoms with Crippen LogP contribution in [0.15, 0.2) is 119 Å². The predicted molar refractivity (Wildman–Crippen MR) is 223 cm³/mol.